The smallest absolute Gasteiger partial charge is 0.409 e. The summed E-state index contributed by atoms with van der Waals surface area (Å²) in [5.74, 6) is -0.465. The van der Waals surface area contributed by atoms with E-state index in [1.54, 1.807) is 0 Å². The lowest BCUT2D eigenvalue weighted by atomic mass is 10.4. The van der Waals surface area contributed by atoms with Gasteiger partial charge in [0.05, 0.1) is 20.6 Å². The van der Waals surface area contributed by atoms with Crippen molar-refractivity contribution < 1.29 is 27.5 Å². The molecule has 0 atom stereocenters. The van der Waals surface area contributed by atoms with Crippen LogP contribution in [0, 0.1) is 0 Å². The minimum atomic E-state index is -3.64. The van der Waals surface area contributed by atoms with Crippen molar-refractivity contribution >= 4 is 22.3 Å². The van der Waals surface area contributed by atoms with Crippen LogP contribution in [0.25, 0.3) is 0 Å². The van der Waals surface area contributed by atoms with Crippen LogP contribution in [-0.4, -0.2) is 88.0 Å². The van der Waals surface area contributed by atoms with Crippen molar-refractivity contribution in [1.29, 1.82) is 0 Å². The van der Waals surface area contributed by atoms with Gasteiger partial charge < -0.3 is 14.4 Å². The molecular weight excluding hydrogens is 302 g/mol. The Kier molecular flexibility index (Phi) is 6.37. The van der Waals surface area contributed by atoms with Gasteiger partial charge in [0, 0.05) is 39.8 Å². The number of carbonyl (C=O) groups excluding carboxylic acids is 2. The van der Waals surface area contributed by atoms with Crippen LogP contribution in [-0.2, 0) is 24.5 Å². The molecule has 10 heteroatoms. The van der Waals surface area contributed by atoms with Crippen molar-refractivity contribution in [3.8, 4) is 0 Å². The third kappa shape index (κ3) is 4.55. The first kappa shape index (κ1) is 17.7. The van der Waals surface area contributed by atoms with Crippen LogP contribution in [0.1, 0.15) is 6.42 Å². The Morgan fingerprint density at radius 1 is 1.10 bits per heavy atom. The van der Waals surface area contributed by atoms with Crippen LogP contribution in [0.3, 0.4) is 0 Å². The molecule has 1 fully saturated rings. The van der Waals surface area contributed by atoms with E-state index in [0.29, 0.717) is 0 Å². The monoisotopic (exact) mass is 323 g/mol. The van der Waals surface area contributed by atoms with Crippen molar-refractivity contribution in [3.05, 3.63) is 0 Å². The predicted molar refractivity (Wildman–Crippen MR) is 73.7 cm³/mol. The van der Waals surface area contributed by atoms with Gasteiger partial charge in [0.2, 0.25) is 0 Å². The van der Waals surface area contributed by atoms with Crippen LogP contribution in [0.2, 0.25) is 0 Å². The van der Waals surface area contributed by atoms with Gasteiger partial charge in [-0.3, -0.25) is 4.79 Å². The standard InChI is InChI=1S/C11H21N3O6S/c1-12(5-4-10(15)19-2)21(17,18)14-8-6-13(7-9-14)11(16)20-3/h4-9H2,1-3H3. The summed E-state index contributed by atoms with van der Waals surface area (Å²) >= 11 is 0. The molecule has 0 aliphatic carbocycles. The molecule has 0 aromatic carbocycles. The van der Waals surface area contributed by atoms with Crippen LogP contribution in [0.5, 0.6) is 0 Å². The number of rotatable bonds is 5. The normalized spacial score (nSPS) is 16.9. The lowest BCUT2D eigenvalue weighted by molar-refractivity contribution is -0.140. The SMILES string of the molecule is COC(=O)CCN(C)S(=O)(=O)N1CCN(C(=O)OC)CC1. The molecule has 1 saturated heterocycles. The lowest BCUT2D eigenvalue weighted by Gasteiger charge is -2.35. The number of ether oxygens (including phenoxy) is 2. The number of hydrogen-bond acceptors (Lipinski definition) is 6. The molecule has 1 aliphatic rings. The molecule has 1 rings (SSSR count). The van der Waals surface area contributed by atoms with Crippen LogP contribution in [0.15, 0.2) is 0 Å². The molecule has 0 aromatic rings. The molecule has 122 valence electrons. The van der Waals surface area contributed by atoms with Gasteiger partial charge in [-0.2, -0.15) is 17.0 Å². The third-order valence-corrected chi connectivity index (χ3v) is 5.24. The number of esters is 1. The molecule has 0 unspecified atom stereocenters. The average molecular weight is 323 g/mol. The lowest BCUT2D eigenvalue weighted by Crippen LogP contribution is -2.53. The van der Waals surface area contributed by atoms with Crippen LogP contribution >= 0.6 is 0 Å². The van der Waals surface area contributed by atoms with Crippen LogP contribution in [0.4, 0.5) is 4.79 Å². The van der Waals surface area contributed by atoms with E-state index in [1.165, 1.54) is 30.5 Å². The first-order valence-corrected chi connectivity index (χ1v) is 7.83. The Balaban J connectivity index is 2.56. The number of methoxy groups -OCH3 is 2. The molecule has 0 radical (unpaired) electrons. The maximum absolute atomic E-state index is 12.3. The van der Waals surface area contributed by atoms with E-state index >= 15 is 0 Å². The highest BCUT2D eigenvalue weighted by Gasteiger charge is 2.32. The second-order valence-electron chi connectivity index (χ2n) is 4.51. The van der Waals surface area contributed by atoms with Gasteiger partial charge in [0.1, 0.15) is 0 Å². The van der Waals surface area contributed by atoms with Gasteiger partial charge in [-0.15, -0.1) is 0 Å². The largest absolute Gasteiger partial charge is 0.469 e. The quantitative estimate of drug-likeness (QED) is 0.609. The van der Waals surface area contributed by atoms with Crippen molar-refractivity contribution in [2.45, 2.75) is 6.42 Å². The summed E-state index contributed by atoms with van der Waals surface area (Å²) in [5, 5.41) is 0. The first-order valence-electron chi connectivity index (χ1n) is 6.44. The summed E-state index contributed by atoms with van der Waals surface area (Å²) in [7, 11) is 0.303. The minimum absolute atomic E-state index is 0.00560. The molecule has 21 heavy (non-hydrogen) atoms. The Bertz CT molecular complexity index is 472. The van der Waals surface area contributed by atoms with Gasteiger partial charge >= 0.3 is 12.1 Å². The molecule has 0 spiro atoms. The Morgan fingerprint density at radius 2 is 1.67 bits per heavy atom. The highest BCUT2D eigenvalue weighted by atomic mass is 32.2. The summed E-state index contributed by atoms with van der Waals surface area (Å²) in [5.41, 5.74) is 0. The van der Waals surface area contributed by atoms with E-state index in [1.807, 2.05) is 0 Å². The zero-order valence-electron chi connectivity index (χ0n) is 12.4. The fourth-order valence-electron chi connectivity index (χ4n) is 1.89. The van der Waals surface area contributed by atoms with E-state index in [4.69, 9.17) is 0 Å². The molecule has 1 heterocycles. The van der Waals surface area contributed by atoms with E-state index in [9.17, 15) is 18.0 Å². The number of amides is 1. The fraction of sp³-hybridized carbons (Fsp3) is 0.818. The van der Waals surface area contributed by atoms with E-state index in [-0.39, 0.29) is 39.1 Å². The molecule has 0 bridgehead atoms. The fourth-order valence-corrected chi connectivity index (χ4v) is 3.23. The van der Waals surface area contributed by atoms with Crippen LogP contribution < -0.4 is 0 Å². The molecule has 0 aromatic heterocycles. The summed E-state index contributed by atoms with van der Waals surface area (Å²) in [6, 6.07) is 0. The number of piperazine rings is 1. The highest BCUT2D eigenvalue weighted by molar-refractivity contribution is 7.86. The van der Waals surface area contributed by atoms with Crippen molar-refractivity contribution in [3.63, 3.8) is 0 Å². The van der Waals surface area contributed by atoms with Crippen molar-refractivity contribution in [1.82, 2.24) is 13.5 Å². The van der Waals surface area contributed by atoms with Gasteiger partial charge in [-0.25, -0.2) is 4.79 Å². The summed E-state index contributed by atoms with van der Waals surface area (Å²) < 4.78 is 36.1. The Hall–Kier alpha value is -1.39. The van der Waals surface area contributed by atoms with E-state index < -0.39 is 22.3 Å². The average Bonchev–Trinajstić information content (AvgIpc) is 2.51. The van der Waals surface area contributed by atoms with E-state index in [0.717, 1.165) is 4.31 Å². The van der Waals surface area contributed by atoms with Crippen molar-refractivity contribution in [2.75, 3.05) is 54.0 Å². The van der Waals surface area contributed by atoms with Crippen molar-refractivity contribution in [2.24, 2.45) is 0 Å². The second kappa shape index (κ2) is 7.57. The van der Waals surface area contributed by atoms with Gasteiger partial charge in [-0.05, 0) is 0 Å². The van der Waals surface area contributed by atoms with E-state index in [2.05, 4.69) is 9.47 Å². The summed E-state index contributed by atoms with van der Waals surface area (Å²) in [4.78, 5) is 23.8. The zero-order valence-corrected chi connectivity index (χ0v) is 13.3. The minimum Gasteiger partial charge on any atom is -0.469 e. The molecule has 1 amide bonds. The third-order valence-electron chi connectivity index (χ3n) is 3.25. The number of carbonyl (C=O) groups is 2. The first-order chi connectivity index (χ1) is 9.82. The number of hydrogen-bond donors (Lipinski definition) is 0. The molecule has 0 saturated carbocycles. The Labute approximate surface area is 124 Å². The molecule has 9 nitrogen and oxygen atoms in total. The summed E-state index contributed by atoms with van der Waals surface area (Å²) in [6.07, 6.45) is -0.472. The maximum atomic E-state index is 12.3. The molecule has 1 aliphatic heterocycles. The molecular formula is C11H21N3O6S. The predicted octanol–water partition coefficient (Wildman–Crippen LogP) is -0.890. The van der Waals surface area contributed by atoms with Gasteiger partial charge in [-0.1, -0.05) is 0 Å². The number of nitrogens with zero attached hydrogens (tertiary/aromatic N) is 3. The summed E-state index contributed by atoms with van der Waals surface area (Å²) in [6.45, 7) is 0.986. The second-order valence-corrected chi connectivity index (χ2v) is 6.55. The maximum Gasteiger partial charge on any atom is 0.409 e. The Morgan fingerprint density at radius 3 is 2.14 bits per heavy atom. The molecule has 0 N–H and O–H groups in total. The van der Waals surface area contributed by atoms with Gasteiger partial charge in [0.15, 0.2) is 0 Å². The zero-order chi connectivity index (χ0) is 16.0. The highest BCUT2D eigenvalue weighted by Crippen LogP contribution is 2.12. The topological polar surface area (TPSA) is 96.5 Å². The van der Waals surface area contributed by atoms with Gasteiger partial charge in [0.25, 0.3) is 10.2 Å².